The first-order valence-electron chi connectivity index (χ1n) is 7.52. The molecule has 114 valence electrons. The number of benzene rings is 1. The SMILES string of the molecule is BC1(B)CC[C@@](B)(N2C(=O)c3ccccc3C2=O)C(=O)NC1=O. The molecule has 23 heavy (non-hydrogen) atoms. The minimum absolute atomic E-state index is 0.239. The van der Waals surface area contributed by atoms with Gasteiger partial charge in [-0.15, -0.1) is 0 Å². The molecule has 2 heterocycles. The summed E-state index contributed by atoms with van der Waals surface area (Å²) in [5.74, 6) is -1.98. The van der Waals surface area contributed by atoms with Crippen molar-refractivity contribution in [3.05, 3.63) is 35.4 Å². The normalized spacial score (nSPS) is 26.7. The Hall–Kier alpha value is -2.31. The van der Waals surface area contributed by atoms with Crippen LogP contribution in [-0.4, -0.2) is 57.5 Å². The maximum Gasteiger partial charge on any atom is 0.261 e. The summed E-state index contributed by atoms with van der Waals surface area (Å²) in [6.07, 6.45) is 0.636. The second kappa shape index (κ2) is 4.84. The lowest BCUT2D eigenvalue weighted by molar-refractivity contribution is -0.133. The van der Waals surface area contributed by atoms with E-state index in [-0.39, 0.29) is 12.3 Å². The predicted molar refractivity (Wildman–Crippen MR) is 90.4 cm³/mol. The van der Waals surface area contributed by atoms with Gasteiger partial charge in [0.2, 0.25) is 11.8 Å². The molecule has 2 aliphatic rings. The predicted octanol–water partition coefficient (Wildman–Crippen LogP) is -2.57. The van der Waals surface area contributed by atoms with Crippen molar-refractivity contribution in [2.75, 3.05) is 0 Å². The van der Waals surface area contributed by atoms with Gasteiger partial charge >= 0.3 is 0 Å². The van der Waals surface area contributed by atoms with Crippen LogP contribution in [0.5, 0.6) is 0 Å². The lowest BCUT2D eigenvalue weighted by Gasteiger charge is -2.35. The standard InChI is InChI=1S/C14H15B3N2O4/c15-13(16)5-6-14(17,12(23)18-11(13)22)19-9(20)7-3-1-2-4-8(7)10(19)21/h1-4H,5-6,15-17H2,(H,18,22,23)/t14-/m1/s1. The summed E-state index contributed by atoms with van der Waals surface area (Å²) in [5, 5.41) is 1.61. The van der Waals surface area contributed by atoms with Gasteiger partial charge in [-0.05, 0) is 23.8 Å². The Labute approximate surface area is 136 Å². The monoisotopic (exact) mass is 308 g/mol. The zero-order chi connectivity index (χ0) is 17.0. The van der Waals surface area contributed by atoms with E-state index in [2.05, 4.69) is 5.32 Å². The van der Waals surface area contributed by atoms with Gasteiger partial charge in [0, 0.05) is 0 Å². The van der Waals surface area contributed by atoms with Crippen LogP contribution in [0, 0.1) is 0 Å². The van der Waals surface area contributed by atoms with Crippen molar-refractivity contribution in [2.45, 2.75) is 23.5 Å². The van der Waals surface area contributed by atoms with Crippen molar-refractivity contribution in [3.63, 3.8) is 0 Å². The molecule has 0 spiro atoms. The molecule has 9 heteroatoms. The zero-order valence-electron chi connectivity index (χ0n) is 13.3. The van der Waals surface area contributed by atoms with Crippen molar-refractivity contribution in [1.29, 1.82) is 0 Å². The van der Waals surface area contributed by atoms with Crippen LogP contribution in [0.4, 0.5) is 0 Å². The number of imide groups is 2. The van der Waals surface area contributed by atoms with Crippen molar-refractivity contribution < 1.29 is 19.2 Å². The van der Waals surface area contributed by atoms with Crippen molar-refractivity contribution in [1.82, 2.24) is 10.2 Å². The molecule has 4 amide bonds. The number of nitrogens with one attached hydrogen (secondary N) is 1. The van der Waals surface area contributed by atoms with Gasteiger partial charge in [0.05, 0.1) is 16.6 Å². The van der Waals surface area contributed by atoms with E-state index in [1.165, 1.54) is 0 Å². The summed E-state index contributed by atoms with van der Waals surface area (Å²) >= 11 is 0. The second-order valence-corrected chi connectivity index (χ2v) is 6.93. The zero-order valence-corrected chi connectivity index (χ0v) is 13.3. The minimum Gasteiger partial charge on any atom is -0.296 e. The first-order chi connectivity index (χ1) is 10.7. The highest BCUT2D eigenvalue weighted by Crippen LogP contribution is 2.36. The highest BCUT2D eigenvalue weighted by molar-refractivity contribution is 6.52. The fraction of sp³-hybridized carbons (Fsp3) is 0.286. The number of carbonyl (C=O) groups is 4. The van der Waals surface area contributed by atoms with E-state index in [9.17, 15) is 19.2 Å². The Morgan fingerprint density at radius 1 is 0.870 bits per heavy atom. The Balaban J connectivity index is 2.04. The van der Waals surface area contributed by atoms with E-state index < -0.39 is 28.4 Å². The first-order valence-corrected chi connectivity index (χ1v) is 7.52. The van der Waals surface area contributed by atoms with Crippen LogP contribution < -0.4 is 5.32 Å². The molecule has 1 N–H and O–H groups in total. The van der Waals surface area contributed by atoms with Gasteiger partial charge < -0.3 is 0 Å². The number of carbonyl (C=O) groups excluding carboxylic acids is 4. The highest BCUT2D eigenvalue weighted by Gasteiger charge is 2.53. The summed E-state index contributed by atoms with van der Waals surface area (Å²) in [7, 11) is 5.02. The molecule has 3 rings (SSSR count). The Morgan fingerprint density at radius 3 is 1.91 bits per heavy atom. The van der Waals surface area contributed by atoms with Gasteiger partial charge in [-0.25, -0.2) is 0 Å². The quantitative estimate of drug-likeness (QED) is 0.457. The highest BCUT2D eigenvalue weighted by atomic mass is 16.2. The fourth-order valence-corrected chi connectivity index (χ4v) is 3.04. The molecule has 0 radical (unpaired) electrons. The maximum atomic E-state index is 12.7. The van der Waals surface area contributed by atoms with Crippen molar-refractivity contribution >= 4 is 47.2 Å². The third kappa shape index (κ3) is 2.14. The molecular formula is C14H15B3N2O4. The number of nitrogens with zero attached hydrogens (tertiary/aromatic N) is 1. The van der Waals surface area contributed by atoms with Gasteiger partial charge in [-0.2, -0.15) is 0 Å². The summed E-state index contributed by atoms with van der Waals surface area (Å²) in [6.45, 7) is 0. The molecule has 6 nitrogen and oxygen atoms in total. The van der Waals surface area contributed by atoms with Crippen LogP contribution in [-0.2, 0) is 9.59 Å². The number of fused-ring (bicyclic) bond motifs is 1. The molecule has 0 aliphatic carbocycles. The van der Waals surface area contributed by atoms with E-state index in [1.54, 1.807) is 47.8 Å². The molecule has 1 atom stereocenters. The molecule has 1 fully saturated rings. The lowest BCUT2D eigenvalue weighted by atomic mass is 9.51. The van der Waals surface area contributed by atoms with Crippen LogP contribution in [0.2, 0.25) is 5.21 Å². The number of hydrogen-bond acceptors (Lipinski definition) is 4. The summed E-state index contributed by atoms with van der Waals surface area (Å²) in [5.41, 5.74) is -0.793. The minimum atomic E-state index is -1.38. The van der Waals surface area contributed by atoms with Gasteiger partial charge in [0.25, 0.3) is 11.8 Å². The Bertz CT molecular complexity index is 729. The molecule has 0 saturated carbocycles. The number of hydrogen-bond donors (Lipinski definition) is 1. The van der Waals surface area contributed by atoms with E-state index in [4.69, 9.17) is 0 Å². The van der Waals surface area contributed by atoms with Crippen LogP contribution in [0.25, 0.3) is 0 Å². The van der Waals surface area contributed by atoms with Gasteiger partial charge in [-0.3, -0.25) is 29.4 Å². The lowest BCUT2D eigenvalue weighted by Crippen LogP contribution is -2.61. The maximum absolute atomic E-state index is 12.7. The molecule has 2 aliphatic heterocycles. The van der Waals surface area contributed by atoms with Gasteiger partial charge in [0.15, 0.2) is 0 Å². The van der Waals surface area contributed by atoms with E-state index in [1.807, 2.05) is 0 Å². The van der Waals surface area contributed by atoms with Crippen molar-refractivity contribution in [2.24, 2.45) is 0 Å². The second-order valence-electron chi connectivity index (χ2n) is 6.93. The molecule has 0 unspecified atom stereocenters. The molecule has 1 aromatic carbocycles. The molecular weight excluding hydrogens is 293 g/mol. The Kier molecular flexibility index (Phi) is 3.28. The fourth-order valence-electron chi connectivity index (χ4n) is 3.04. The Morgan fingerprint density at radius 2 is 1.39 bits per heavy atom. The molecule has 1 saturated heterocycles. The number of rotatable bonds is 1. The smallest absolute Gasteiger partial charge is 0.261 e. The van der Waals surface area contributed by atoms with Crippen LogP contribution in [0.3, 0.4) is 0 Å². The van der Waals surface area contributed by atoms with Crippen LogP contribution in [0.1, 0.15) is 33.6 Å². The topological polar surface area (TPSA) is 83.6 Å². The molecule has 0 bridgehead atoms. The third-order valence-electron chi connectivity index (χ3n) is 4.86. The summed E-state index contributed by atoms with van der Waals surface area (Å²) in [6, 6.07) is 6.50. The number of amides is 4. The first kappa shape index (κ1) is 15.6. The van der Waals surface area contributed by atoms with E-state index in [0.29, 0.717) is 17.5 Å². The molecule has 1 aromatic rings. The van der Waals surface area contributed by atoms with Crippen LogP contribution in [0.15, 0.2) is 24.3 Å². The van der Waals surface area contributed by atoms with Gasteiger partial charge in [0.1, 0.15) is 23.5 Å². The third-order valence-corrected chi connectivity index (χ3v) is 4.86. The van der Waals surface area contributed by atoms with Gasteiger partial charge in [-0.1, -0.05) is 18.6 Å². The van der Waals surface area contributed by atoms with E-state index >= 15 is 0 Å². The average molecular weight is 308 g/mol. The summed E-state index contributed by atoms with van der Waals surface area (Å²) < 4.78 is 0. The van der Waals surface area contributed by atoms with E-state index in [0.717, 1.165) is 4.90 Å². The largest absolute Gasteiger partial charge is 0.296 e. The molecule has 0 aromatic heterocycles. The van der Waals surface area contributed by atoms with Crippen LogP contribution >= 0.6 is 0 Å². The van der Waals surface area contributed by atoms with Crippen molar-refractivity contribution in [3.8, 4) is 0 Å². The summed E-state index contributed by atoms with van der Waals surface area (Å²) in [4.78, 5) is 51.0. The average Bonchev–Trinajstić information content (AvgIpc) is 2.73.